The summed E-state index contributed by atoms with van der Waals surface area (Å²) in [4.78, 5) is 39.5. The van der Waals surface area contributed by atoms with Crippen LogP contribution in [0.5, 0.6) is 5.75 Å². The first kappa shape index (κ1) is 28.4. The second-order valence-electron chi connectivity index (χ2n) is 9.14. The van der Waals surface area contributed by atoms with Gasteiger partial charge in [0.1, 0.15) is 11.3 Å². The maximum atomic E-state index is 12.9. The highest BCUT2D eigenvalue weighted by molar-refractivity contribution is 6.43. The maximum Gasteiger partial charge on any atom is 0.475 e. The topological polar surface area (TPSA) is 169 Å². The predicted octanol–water partition coefficient (Wildman–Crippen LogP) is 1.83. The SMILES string of the molecule is O=C(N[C@H](Cc1cccc(C(=O)O)c1O)B(O)O)c1ccc(CN(Cc2ccccn2)Cc2ccccn2)nc1. The van der Waals surface area contributed by atoms with E-state index in [2.05, 4.69) is 25.2 Å². The molecular weight excluding hydrogens is 513 g/mol. The smallest absolute Gasteiger partial charge is 0.475 e. The molecule has 0 saturated carbocycles. The molecule has 0 saturated heterocycles. The summed E-state index contributed by atoms with van der Waals surface area (Å²) in [5.74, 6) is -3.64. The lowest BCUT2D eigenvalue weighted by molar-refractivity contribution is 0.0693. The van der Waals surface area contributed by atoms with Crippen LogP contribution < -0.4 is 5.32 Å². The van der Waals surface area contributed by atoms with E-state index >= 15 is 0 Å². The van der Waals surface area contributed by atoms with Crippen molar-refractivity contribution in [2.75, 3.05) is 0 Å². The second kappa shape index (κ2) is 13.4. The quantitative estimate of drug-likeness (QED) is 0.167. The molecule has 0 aliphatic carbocycles. The molecule has 3 aromatic heterocycles. The van der Waals surface area contributed by atoms with Gasteiger partial charge in [-0.1, -0.05) is 24.3 Å². The Balaban J connectivity index is 1.44. The predicted molar refractivity (Wildman–Crippen MR) is 146 cm³/mol. The number of nitrogens with one attached hydrogen (secondary N) is 1. The minimum absolute atomic E-state index is 0.146. The summed E-state index contributed by atoms with van der Waals surface area (Å²) in [7, 11) is -1.96. The van der Waals surface area contributed by atoms with Crippen LogP contribution in [0, 0.1) is 0 Å². The number of carboxylic acids is 1. The number of aromatic nitrogens is 3. The first-order valence-corrected chi connectivity index (χ1v) is 12.5. The molecule has 4 rings (SSSR count). The summed E-state index contributed by atoms with van der Waals surface area (Å²) in [6.07, 6.45) is 4.66. The summed E-state index contributed by atoms with van der Waals surface area (Å²) in [6, 6.07) is 18.8. The Labute approximate surface area is 231 Å². The lowest BCUT2D eigenvalue weighted by atomic mass is 9.75. The highest BCUT2D eigenvalue weighted by Gasteiger charge is 2.28. The second-order valence-corrected chi connectivity index (χ2v) is 9.14. The number of hydrogen-bond acceptors (Lipinski definition) is 9. The standard InChI is InChI=1S/C28H28BN5O6/c35-26-19(6-5-9-24(26)28(37)38)14-25(29(39)40)33-27(36)20-10-11-23(32-15-20)18-34(16-21-7-1-3-12-30-21)17-22-8-2-4-13-31-22/h1-13,15,25,35,39-40H,14,16-18H2,(H,33,36)(H,37,38)/t25-/m1/s1. The zero-order chi connectivity index (χ0) is 28.5. The number of aromatic hydroxyl groups is 1. The van der Waals surface area contributed by atoms with Crippen molar-refractivity contribution in [3.05, 3.63) is 119 Å². The number of nitrogens with zero attached hydrogens (tertiary/aromatic N) is 4. The van der Waals surface area contributed by atoms with Gasteiger partial charge in [-0.05, 0) is 54.4 Å². The van der Waals surface area contributed by atoms with Crippen LogP contribution in [0.25, 0.3) is 0 Å². The van der Waals surface area contributed by atoms with Gasteiger partial charge in [0.25, 0.3) is 5.91 Å². The Morgan fingerprint density at radius 3 is 1.95 bits per heavy atom. The van der Waals surface area contributed by atoms with Crippen molar-refractivity contribution in [3.63, 3.8) is 0 Å². The van der Waals surface area contributed by atoms with Gasteiger partial charge in [-0.3, -0.25) is 24.6 Å². The van der Waals surface area contributed by atoms with Crippen molar-refractivity contribution in [3.8, 4) is 5.75 Å². The Morgan fingerprint density at radius 1 is 0.825 bits per heavy atom. The normalized spacial score (nSPS) is 11.7. The molecule has 0 aliphatic heterocycles. The van der Waals surface area contributed by atoms with Crippen LogP contribution in [0.3, 0.4) is 0 Å². The number of aromatic carboxylic acids is 1. The number of benzene rings is 1. The van der Waals surface area contributed by atoms with Crippen molar-refractivity contribution in [2.45, 2.75) is 32.0 Å². The van der Waals surface area contributed by atoms with Gasteiger partial charge < -0.3 is 25.6 Å². The molecule has 0 aliphatic rings. The molecule has 3 heterocycles. The van der Waals surface area contributed by atoms with Gasteiger partial charge >= 0.3 is 13.1 Å². The van der Waals surface area contributed by atoms with E-state index in [1.54, 1.807) is 24.5 Å². The molecule has 11 nitrogen and oxygen atoms in total. The molecule has 1 atom stereocenters. The van der Waals surface area contributed by atoms with Crippen molar-refractivity contribution in [2.24, 2.45) is 0 Å². The summed E-state index contributed by atoms with van der Waals surface area (Å²) in [5.41, 5.74) is 2.50. The van der Waals surface area contributed by atoms with Gasteiger partial charge in [-0.2, -0.15) is 0 Å². The van der Waals surface area contributed by atoms with E-state index in [9.17, 15) is 29.9 Å². The minimum atomic E-state index is -1.96. The van der Waals surface area contributed by atoms with Crippen LogP contribution in [0.2, 0.25) is 0 Å². The number of carbonyl (C=O) groups is 2. The fraction of sp³-hybridized carbons (Fsp3) is 0.179. The van der Waals surface area contributed by atoms with E-state index < -0.39 is 30.7 Å². The molecule has 0 bridgehead atoms. The van der Waals surface area contributed by atoms with E-state index in [1.807, 2.05) is 36.4 Å². The molecule has 1 aromatic carbocycles. The number of carboxylic acid groups (broad SMARTS) is 1. The number of amides is 1. The molecule has 204 valence electrons. The average molecular weight is 541 g/mol. The van der Waals surface area contributed by atoms with Crippen LogP contribution >= 0.6 is 0 Å². The fourth-order valence-electron chi connectivity index (χ4n) is 4.14. The third-order valence-corrected chi connectivity index (χ3v) is 6.16. The minimum Gasteiger partial charge on any atom is -0.507 e. The number of carbonyl (C=O) groups excluding carboxylic acids is 1. The third-order valence-electron chi connectivity index (χ3n) is 6.16. The lowest BCUT2D eigenvalue weighted by Crippen LogP contribution is -2.48. The zero-order valence-corrected chi connectivity index (χ0v) is 21.5. The molecule has 40 heavy (non-hydrogen) atoms. The van der Waals surface area contributed by atoms with E-state index in [1.165, 1.54) is 24.4 Å². The van der Waals surface area contributed by atoms with Gasteiger partial charge in [0.15, 0.2) is 0 Å². The number of phenols is 1. The average Bonchev–Trinajstić information content (AvgIpc) is 2.95. The van der Waals surface area contributed by atoms with Gasteiger partial charge in [0.2, 0.25) is 0 Å². The first-order chi connectivity index (χ1) is 19.3. The molecule has 0 radical (unpaired) electrons. The van der Waals surface area contributed by atoms with Crippen molar-refractivity contribution in [1.29, 1.82) is 0 Å². The first-order valence-electron chi connectivity index (χ1n) is 12.5. The summed E-state index contributed by atoms with van der Waals surface area (Å²) < 4.78 is 0. The number of hydrogen-bond donors (Lipinski definition) is 5. The Hall–Kier alpha value is -4.65. The van der Waals surface area contributed by atoms with Crippen molar-refractivity contribution in [1.82, 2.24) is 25.2 Å². The molecule has 0 unspecified atom stereocenters. The van der Waals surface area contributed by atoms with Crippen molar-refractivity contribution < 1.29 is 29.9 Å². The van der Waals surface area contributed by atoms with Crippen LogP contribution in [-0.4, -0.2) is 65.0 Å². The van der Waals surface area contributed by atoms with Crippen LogP contribution in [0.15, 0.2) is 85.3 Å². The third kappa shape index (κ3) is 7.70. The van der Waals surface area contributed by atoms with Crippen LogP contribution in [-0.2, 0) is 26.1 Å². The lowest BCUT2D eigenvalue weighted by Gasteiger charge is -2.21. The van der Waals surface area contributed by atoms with Crippen LogP contribution in [0.4, 0.5) is 0 Å². The van der Waals surface area contributed by atoms with E-state index in [0.29, 0.717) is 25.3 Å². The number of para-hydroxylation sites is 1. The van der Waals surface area contributed by atoms with E-state index in [4.69, 9.17) is 0 Å². The Kier molecular flexibility index (Phi) is 9.52. The van der Waals surface area contributed by atoms with Crippen molar-refractivity contribution >= 4 is 19.0 Å². The van der Waals surface area contributed by atoms with Gasteiger partial charge in [0.05, 0.1) is 28.6 Å². The summed E-state index contributed by atoms with van der Waals surface area (Å²) in [6.45, 7) is 1.59. The molecule has 1 amide bonds. The number of pyridine rings is 3. The number of rotatable bonds is 12. The monoisotopic (exact) mass is 541 g/mol. The summed E-state index contributed by atoms with van der Waals surface area (Å²) >= 11 is 0. The molecule has 12 heteroatoms. The van der Waals surface area contributed by atoms with Gasteiger partial charge in [-0.25, -0.2) is 4.79 Å². The molecule has 5 N–H and O–H groups in total. The highest BCUT2D eigenvalue weighted by Crippen LogP contribution is 2.24. The van der Waals surface area contributed by atoms with Crippen LogP contribution in [0.1, 0.15) is 43.4 Å². The zero-order valence-electron chi connectivity index (χ0n) is 21.5. The maximum absolute atomic E-state index is 12.9. The Morgan fingerprint density at radius 2 is 1.45 bits per heavy atom. The van der Waals surface area contributed by atoms with Gasteiger partial charge in [-0.15, -0.1) is 0 Å². The highest BCUT2D eigenvalue weighted by atomic mass is 16.4. The van der Waals surface area contributed by atoms with E-state index in [-0.39, 0.29) is 23.1 Å². The Bertz CT molecular complexity index is 1380. The summed E-state index contributed by atoms with van der Waals surface area (Å²) in [5, 5.41) is 41.6. The molecule has 0 spiro atoms. The molecule has 0 fully saturated rings. The van der Waals surface area contributed by atoms with Gasteiger partial charge in [0, 0.05) is 38.2 Å². The fourth-order valence-corrected chi connectivity index (χ4v) is 4.14. The van der Waals surface area contributed by atoms with E-state index in [0.717, 1.165) is 11.4 Å². The molecular formula is C28H28BN5O6. The molecule has 4 aromatic rings. The largest absolute Gasteiger partial charge is 0.507 e.